The number of rotatable bonds is 4. The molecule has 1 heterocycles. The topological polar surface area (TPSA) is 46.6 Å². The lowest BCUT2D eigenvalue weighted by atomic mass is 10.0. The Labute approximate surface area is 132 Å². The van der Waals surface area contributed by atoms with Crippen LogP contribution in [0.1, 0.15) is 37.0 Å². The van der Waals surface area contributed by atoms with E-state index in [0.29, 0.717) is 31.9 Å². The number of ether oxygens (including phenoxy) is 1. The van der Waals surface area contributed by atoms with E-state index in [1.54, 1.807) is 11.8 Å². The lowest BCUT2D eigenvalue weighted by molar-refractivity contribution is -0.152. The van der Waals surface area contributed by atoms with E-state index >= 15 is 0 Å². The summed E-state index contributed by atoms with van der Waals surface area (Å²) in [5.41, 5.74) is 3.33. The van der Waals surface area contributed by atoms with Crippen LogP contribution in [0.2, 0.25) is 0 Å². The molecular weight excluding hydrogens is 278 g/mol. The molecule has 1 aliphatic rings. The molecule has 1 aliphatic heterocycles. The number of hydrogen-bond donors (Lipinski definition) is 0. The molecule has 120 valence electrons. The summed E-state index contributed by atoms with van der Waals surface area (Å²) < 4.78 is 5.11. The molecule has 0 aromatic heterocycles. The van der Waals surface area contributed by atoms with Gasteiger partial charge in [-0.1, -0.05) is 30.7 Å². The van der Waals surface area contributed by atoms with Gasteiger partial charge in [-0.3, -0.25) is 4.79 Å². The van der Waals surface area contributed by atoms with Gasteiger partial charge in [0.1, 0.15) is 6.04 Å². The molecule has 0 saturated carbocycles. The predicted molar refractivity (Wildman–Crippen MR) is 85.5 cm³/mol. The number of hydrogen-bond acceptors (Lipinski definition) is 3. The number of carbonyl (C=O) groups is 2. The fraction of sp³-hybridized carbons (Fsp3) is 0.556. The Balaban J connectivity index is 2.11. The van der Waals surface area contributed by atoms with Crippen molar-refractivity contribution in [3.05, 3.63) is 34.9 Å². The number of carbonyl (C=O) groups excluding carboxylic acids is 2. The van der Waals surface area contributed by atoms with Crippen LogP contribution in [0.15, 0.2) is 18.2 Å². The minimum Gasteiger partial charge on any atom is -0.464 e. The van der Waals surface area contributed by atoms with Crippen LogP contribution in [0, 0.1) is 19.8 Å². The predicted octanol–water partition coefficient (Wildman–Crippen LogP) is 2.65. The first-order chi connectivity index (χ1) is 10.4. The third-order valence-electron chi connectivity index (χ3n) is 4.23. The van der Waals surface area contributed by atoms with Crippen LogP contribution in [-0.4, -0.2) is 36.0 Å². The summed E-state index contributed by atoms with van der Waals surface area (Å²) in [6.45, 7) is 8.90. The Bertz CT molecular complexity index is 567. The zero-order chi connectivity index (χ0) is 16.3. The van der Waals surface area contributed by atoms with Crippen LogP contribution < -0.4 is 0 Å². The van der Waals surface area contributed by atoms with Crippen LogP contribution in [-0.2, 0) is 20.7 Å². The molecule has 1 aromatic rings. The Kier molecular flexibility index (Phi) is 5.22. The van der Waals surface area contributed by atoms with E-state index in [9.17, 15) is 9.59 Å². The minimum absolute atomic E-state index is 0.00866. The molecule has 1 aromatic carbocycles. The van der Waals surface area contributed by atoms with Gasteiger partial charge in [0.05, 0.1) is 13.0 Å². The molecule has 4 nitrogen and oxygen atoms in total. The molecule has 4 heteroatoms. The third-order valence-corrected chi connectivity index (χ3v) is 4.23. The maximum absolute atomic E-state index is 12.6. The summed E-state index contributed by atoms with van der Waals surface area (Å²) in [4.78, 5) is 26.4. The second-order valence-electron chi connectivity index (χ2n) is 6.26. The van der Waals surface area contributed by atoms with Crippen molar-refractivity contribution in [1.82, 2.24) is 4.90 Å². The van der Waals surface area contributed by atoms with E-state index in [2.05, 4.69) is 13.0 Å². The molecule has 0 radical (unpaired) electrons. The Morgan fingerprint density at radius 1 is 1.32 bits per heavy atom. The first-order valence-corrected chi connectivity index (χ1v) is 7.94. The largest absolute Gasteiger partial charge is 0.464 e. The SMILES string of the molecule is CCOC(=O)C1CC(C)CN1C(=O)Cc1ccc(C)cc1C. The summed E-state index contributed by atoms with van der Waals surface area (Å²) in [6, 6.07) is 5.68. The van der Waals surface area contributed by atoms with Gasteiger partial charge < -0.3 is 9.64 Å². The number of nitrogens with zero attached hydrogens (tertiary/aromatic N) is 1. The molecule has 0 spiro atoms. The van der Waals surface area contributed by atoms with Gasteiger partial charge >= 0.3 is 5.97 Å². The van der Waals surface area contributed by atoms with E-state index in [0.717, 1.165) is 11.1 Å². The zero-order valence-corrected chi connectivity index (χ0v) is 13.9. The third kappa shape index (κ3) is 3.67. The van der Waals surface area contributed by atoms with Crippen LogP contribution in [0.4, 0.5) is 0 Å². The van der Waals surface area contributed by atoms with Gasteiger partial charge in [0.15, 0.2) is 0 Å². The average molecular weight is 303 g/mol. The quantitative estimate of drug-likeness (QED) is 0.803. The number of esters is 1. The van der Waals surface area contributed by atoms with Crippen LogP contribution in [0.3, 0.4) is 0 Å². The fourth-order valence-corrected chi connectivity index (χ4v) is 3.09. The van der Waals surface area contributed by atoms with Gasteiger partial charge in [-0.15, -0.1) is 0 Å². The van der Waals surface area contributed by atoms with Crippen LogP contribution in [0.25, 0.3) is 0 Å². The van der Waals surface area contributed by atoms with Crippen molar-refractivity contribution >= 4 is 11.9 Å². The maximum atomic E-state index is 12.6. The van der Waals surface area contributed by atoms with Crippen molar-refractivity contribution in [3.8, 4) is 0 Å². The van der Waals surface area contributed by atoms with Gasteiger partial charge in [0.25, 0.3) is 0 Å². The second-order valence-corrected chi connectivity index (χ2v) is 6.26. The normalized spacial score (nSPS) is 21.0. The van der Waals surface area contributed by atoms with Crippen LogP contribution in [0.5, 0.6) is 0 Å². The number of likely N-dealkylation sites (tertiary alicyclic amines) is 1. The second kappa shape index (κ2) is 6.95. The van der Waals surface area contributed by atoms with Crippen molar-refractivity contribution in [2.75, 3.05) is 13.2 Å². The summed E-state index contributed by atoms with van der Waals surface area (Å²) >= 11 is 0. The number of benzene rings is 1. The summed E-state index contributed by atoms with van der Waals surface area (Å²) in [5, 5.41) is 0. The van der Waals surface area contributed by atoms with Crippen molar-refractivity contribution in [3.63, 3.8) is 0 Å². The molecule has 1 saturated heterocycles. The Hall–Kier alpha value is -1.84. The lowest BCUT2D eigenvalue weighted by Gasteiger charge is -2.23. The average Bonchev–Trinajstić information content (AvgIpc) is 2.84. The van der Waals surface area contributed by atoms with Crippen molar-refractivity contribution in [1.29, 1.82) is 0 Å². The number of aryl methyl sites for hydroxylation is 2. The fourth-order valence-electron chi connectivity index (χ4n) is 3.09. The first kappa shape index (κ1) is 16.5. The molecule has 22 heavy (non-hydrogen) atoms. The molecule has 1 fully saturated rings. The maximum Gasteiger partial charge on any atom is 0.328 e. The molecule has 2 rings (SSSR count). The van der Waals surface area contributed by atoms with Crippen molar-refractivity contribution in [2.24, 2.45) is 5.92 Å². The molecule has 0 N–H and O–H groups in total. The zero-order valence-electron chi connectivity index (χ0n) is 13.9. The smallest absolute Gasteiger partial charge is 0.328 e. The monoisotopic (exact) mass is 303 g/mol. The molecule has 1 amide bonds. The van der Waals surface area contributed by atoms with Crippen LogP contribution >= 0.6 is 0 Å². The summed E-state index contributed by atoms with van der Waals surface area (Å²) in [5.74, 6) is 0.0626. The van der Waals surface area contributed by atoms with Gasteiger partial charge in [0, 0.05) is 6.54 Å². The van der Waals surface area contributed by atoms with E-state index in [4.69, 9.17) is 4.74 Å². The highest BCUT2D eigenvalue weighted by molar-refractivity contribution is 5.86. The highest BCUT2D eigenvalue weighted by Gasteiger charge is 2.38. The van der Waals surface area contributed by atoms with Crippen molar-refractivity contribution < 1.29 is 14.3 Å². The molecule has 0 bridgehead atoms. The standard InChI is InChI=1S/C18H25NO3/c1-5-22-18(21)16-9-13(3)11-19(16)17(20)10-15-7-6-12(2)8-14(15)4/h6-8,13,16H,5,9-11H2,1-4H3. The van der Waals surface area contributed by atoms with Gasteiger partial charge in [-0.05, 0) is 44.2 Å². The van der Waals surface area contributed by atoms with Gasteiger partial charge in [0.2, 0.25) is 5.91 Å². The lowest BCUT2D eigenvalue weighted by Crippen LogP contribution is -2.42. The van der Waals surface area contributed by atoms with Gasteiger partial charge in [-0.25, -0.2) is 4.79 Å². The molecule has 2 unspecified atom stereocenters. The van der Waals surface area contributed by atoms with E-state index in [1.165, 1.54) is 5.56 Å². The van der Waals surface area contributed by atoms with E-state index < -0.39 is 6.04 Å². The highest BCUT2D eigenvalue weighted by atomic mass is 16.5. The van der Waals surface area contributed by atoms with E-state index in [1.807, 2.05) is 26.0 Å². The highest BCUT2D eigenvalue weighted by Crippen LogP contribution is 2.25. The Morgan fingerprint density at radius 3 is 2.68 bits per heavy atom. The summed E-state index contributed by atoms with van der Waals surface area (Å²) in [6.07, 6.45) is 1.03. The van der Waals surface area contributed by atoms with Crippen molar-refractivity contribution in [2.45, 2.75) is 46.6 Å². The Morgan fingerprint density at radius 2 is 2.05 bits per heavy atom. The number of amides is 1. The van der Waals surface area contributed by atoms with Gasteiger partial charge in [-0.2, -0.15) is 0 Å². The summed E-state index contributed by atoms with van der Waals surface area (Å²) in [7, 11) is 0. The molecule has 2 atom stereocenters. The minimum atomic E-state index is -0.423. The van der Waals surface area contributed by atoms with E-state index in [-0.39, 0.29) is 11.9 Å². The molecule has 0 aliphatic carbocycles. The molecular formula is C18H25NO3. The first-order valence-electron chi connectivity index (χ1n) is 7.94.